The van der Waals surface area contributed by atoms with Gasteiger partial charge in [-0.2, -0.15) is 0 Å². The van der Waals surface area contributed by atoms with Crippen LogP contribution >= 0.6 is 0 Å². The number of para-hydroxylation sites is 1. The van der Waals surface area contributed by atoms with E-state index < -0.39 is 0 Å². The third-order valence-corrected chi connectivity index (χ3v) is 6.57. The van der Waals surface area contributed by atoms with Crippen molar-refractivity contribution in [2.45, 2.75) is 57.0 Å². The van der Waals surface area contributed by atoms with Gasteiger partial charge in [0.2, 0.25) is 5.91 Å². The fraction of sp³-hybridized carbons (Fsp3) is 0.650. The minimum absolute atomic E-state index is 0.225. The molecule has 2 heterocycles. The molecule has 4 nitrogen and oxygen atoms in total. The molecule has 2 saturated heterocycles. The number of anilines is 1. The number of nitrogens with zero attached hydrogens (tertiary/aromatic N) is 2. The molecule has 1 spiro atoms. The number of piperidine rings is 1. The standard InChI is InChI=1S/C20H29N3O/c1-16-7-5-6-10-18(16)22-13-11-20(12-14-22)19(24)21-15-23(20)17-8-3-2-4-9-17/h2-4,8-9,16,18H,5-7,10-15H2,1H3,(H,21,24). The molecule has 0 bridgehead atoms. The average Bonchev–Trinajstić information content (AvgIpc) is 2.93. The third kappa shape index (κ3) is 2.61. The van der Waals surface area contributed by atoms with Crippen LogP contribution in [-0.4, -0.2) is 42.1 Å². The van der Waals surface area contributed by atoms with Crippen LogP contribution in [0.15, 0.2) is 30.3 Å². The van der Waals surface area contributed by atoms with Gasteiger partial charge in [-0.15, -0.1) is 0 Å². The summed E-state index contributed by atoms with van der Waals surface area (Å²) in [4.78, 5) is 17.7. The Hall–Kier alpha value is -1.55. The molecule has 0 radical (unpaired) electrons. The highest BCUT2D eigenvalue weighted by Crippen LogP contribution is 2.38. The summed E-state index contributed by atoms with van der Waals surface area (Å²) in [6.45, 7) is 5.15. The summed E-state index contributed by atoms with van der Waals surface area (Å²) in [5, 5.41) is 3.10. The predicted octanol–water partition coefficient (Wildman–Crippen LogP) is 2.99. The highest BCUT2D eigenvalue weighted by Gasteiger charge is 2.51. The molecule has 2 aliphatic heterocycles. The van der Waals surface area contributed by atoms with Crippen LogP contribution in [0.2, 0.25) is 0 Å². The largest absolute Gasteiger partial charge is 0.339 e. The van der Waals surface area contributed by atoms with Crippen LogP contribution in [0.5, 0.6) is 0 Å². The van der Waals surface area contributed by atoms with Crippen molar-refractivity contribution in [1.82, 2.24) is 10.2 Å². The third-order valence-electron chi connectivity index (χ3n) is 6.57. The minimum atomic E-state index is -0.338. The van der Waals surface area contributed by atoms with Crippen LogP contribution in [0.1, 0.15) is 45.4 Å². The maximum Gasteiger partial charge on any atom is 0.247 e. The van der Waals surface area contributed by atoms with Crippen molar-refractivity contribution in [3.8, 4) is 0 Å². The Labute approximate surface area is 145 Å². The lowest BCUT2D eigenvalue weighted by Crippen LogP contribution is -2.58. The van der Waals surface area contributed by atoms with Gasteiger partial charge in [0.25, 0.3) is 0 Å². The van der Waals surface area contributed by atoms with Crippen LogP contribution < -0.4 is 10.2 Å². The summed E-state index contributed by atoms with van der Waals surface area (Å²) in [5.74, 6) is 1.03. The molecule has 1 amide bonds. The zero-order chi connectivity index (χ0) is 16.6. The molecule has 24 heavy (non-hydrogen) atoms. The summed E-state index contributed by atoms with van der Waals surface area (Å²) in [6.07, 6.45) is 7.34. The maximum atomic E-state index is 12.7. The topological polar surface area (TPSA) is 35.6 Å². The first-order valence-electron chi connectivity index (χ1n) is 9.56. The number of benzene rings is 1. The lowest BCUT2D eigenvalue weighted by Gasteiger charge is -2.47. The number of rotatable bonds is 2. The molecule has 1 aliphatic carbocycles. The van der Waals surface area contributed by atoms with E-state index in [2.05, 4.69) is 46.3 Å². The SMILES string of the molecule is CC1CCCCC1N1CCC2(CC1)C(=O)NCN2c1ccccc1. The van der Waals surface area contributed by atoms with Gasteiger partial charge in [0.05, 0.1) is 6.67 Å². The number of hydrogen-bond acceptors (Lipinski definition) is 3. The number of carbonyl (C=O) groups is 1. The van der Waals surface area contributed by atoms with Gasteiger partial charge in [0.1, 0.15) is 5.54 Å². The first-order chi connectivity index (χ1) is 11.7. The summed E-state index contributed by atoms with van der Waals surface area (Å²) in [6, 6.07) is 11.1. The van der Waals surface area contributed by atoms with Crippen molar-refractivity contribution < 1.29 is 4.79 Å². The first kappa shape index (κ1) is 15.9. The lowest BCUT2D eigenvalue weighted by atomic mass is 9.80. The molecule has 4 heteroatoms. The van der Waals surface area contributed by atoms with Gasteiger partial charge in [-0.25, -0.2) is 0 Å². The Balaban J connectivity index is 1.50. The molecule has 1 aromatic rings. The van der Waals surface area contributed by atoms with Gasteiger partial charge in [-0.05, 0) is 43.7 Å². The summed E-state index contributed by atoms with van der Waals surface area (Å²) >= 11 is 0. The van der Waals surface area contributed by atoms with Crippen molar-refractivity contribution in [1.29, 1.82) is 0 Å². The fourth-order valence-corrected chi connectivity index (χ4v) is 5.10. The van der Waals surface area contributed by atoms with Crippen LogP contribution in [0.3, 0.4) is 0 Å². The van der Waals surface area contributed by atoms with Gasteiger partial charge in [-0.1, -0.05) is 38.0 Å². The second-order valence-corrected chi connectivity index (χ2v) is 7.82. The van der Waals surface area contributed by atoms with Gasteiger partial charge in [0.15, 0.2) is 0 Å². The number of amides is 1. The second kappa shape index (κ2) is 6.40. The monoisotopic (exact) mass is 327 g/mol. The quantitative estimate of drug-likeness (QED) is 0.907. The molecule has 130 valence electrons. The van der Waals surface area contributed by atoms with Gasteiger partial charge >= 0.3 is 0 Å². The Kier molecular flexibility index (Phi) is 4.25. The minimum Gasteiger partial charge on any atom is -0.339 e. The normalized spacial score (nSPS) is 30.5. The molecular formula is C20H29N3O. The van der Waals surface area contributed by atoms with Crippen LogP contribution in [-0.2, 0) is 4.79 Å². The molecule has 2 unspecified atom stereocenters. The number of nitrogens with one attached hydrogen (secondary N) is 1. The Morgan fingerprint density at radius 2 is 1.79 bits per heavy atom. The van der Waals surface area contributed by atoms with Crippen LogP contribution in [0, 0.1) is 5.92 Å². The van der Waals surface area contributed by atoms with Gasteiger partial charge in [0, 0.05) is 24.8 Å². The van der Waals surface area contributed by atoms with E-state index in [4.69, 9.17) is 0 Å². The summed E-state index contributed by atoms with van der Waals surface area (Å²) in [5.41, 5.74) is 0.825. The molecular weight excluding hydrogens is 298 g/mol. The van der Waals surface area contributed by atoms with Crippen molar-refractivity contribution in [2.75, 3.05) is 24.7 Å². The van der Waals surface area contributed by atoms with Crippen molar-refractivity contribution in [3.63, 3.8) is 0 Å². The smallest absolute Gasteiger partial charge is 0.247 e. The fourth-order valence-electron chi connectivity index (χ4n) is 5.10. The molecule has 1 saturated carbocycles. The van der Waals surface area contributed by atoms with E-state index in [1.165, 1.54) is 25.7 Å². The molecule has 1 N–H and O–H groups in total. The van der Waals surface area contributed by atoms with E-state index >= 15 is 0 Å². The zero-order valence-electron chi connectivity index (χ0n) is 14.7. The van der Waals surface area contributed by atoms with E-state index in [0.717, 1.165) is 43.6 Å². The van der Waals surface area contributed by atoms with Crippen molar-refractivity contribution >= 4 is 11.6 Å². The summed E-state index contributed by atoms with van der Waals surface area (Å²) in [7, 11) is 0. The van der Waals surface area contributed by atoms with Gasteiger partial charge in [-0.3, -0.25) is 9.69 Å². The Morgan fingerprint density at radius 1 is 1.08 bits per heavy atom. The first-order valence-corrected chi connectivity index (χ1v) is 9.56. The molecule has 3 fully saturated rings. The lowest BCUT2D eigenvalue weighted by molar-refractivity contribution is -0.125. The van der Waals surface area contributed by atoms with E-state index in [9.17, 15) is 4.79 Å². The Bertz CT molecular complexity index is 580. The molecule has 2 atom stereocenters. The molecule has 3 aliphatic rings. The average molecular weight is 327 g/mol. The van der Waals surface area contributed by atoms with E-state index in [1.54, 1.807) is 0 Å². The van der Waals surface area contributed by atoms with E-state index in [1.807, 2.05) is 6.07 Å². The zero-order valence-corrected chi connectivity index (χ0v) is 14.7. The maximum absolute atomic E-state index is 12.7. The number of hydrogen-bond donors (Lipinski definition) is 1. The predicted molar refractivity (Wildman–Crippen MR) is 96.9 cm³/mol. The number of carbonyl (C=O) groups excluding carboxylic acids is 1. The highest BCUT2D eigenvalue weighted by atomic mass is 16.2. The van der Waals surface area contributed by atoms with Crippen molar-refractivity contribution in [3.05, 3.63) is 30.3 Å². The van der Waals surface area contributed by atoms with Crippen molar-refractivity contribution in [2.24, 2.45) is 5.92 Å². The molecule has 0 aromatic heterocycles. The summed E-state index contributed by atoms with van der Waals surface area (Å²) < 4.78 is 0. The Morgan fingerprint density at radius 3 is 2.50 bits per heavy atom. The van der Waals surface area contributed by atoms with E-state index in [0.29, 0.717) is 6.67 Å². The van der Waals surface area contributed by atoms with E-state index in [-0.39, 0.29) is 11.4 Å². The highest BCUT2D eigenvalue weighted by molar-refractivity contribution is 5.93. The second-order valence-electron chi connectivity index (χ2n) is 7.82. The molecule has 1 aromatic carbocycles. The number of likely N-dealkylation sites (tertiary alicyclic amines) is 1. The van der Waals surface area contributed by atoms with Gasteiger partial charge < -0.3 is 10.2 Å². The van der Waals surface area contributed by atoms with Crippen LogP contribution in [0.25, 0.3) is 0 Å². The molecule has 4 rings (SSSR count). The van der Waals surface area contributed by atoms with Crippen LogP contribution in [0.4, 0.5) is 5.69 Å².